The maximum Gasteiger partial charge on any atom is 0.393 e. The van der Waals surface area contributed by atoms with Crippen molar-refractivity contribution in [1.29, 1.82) is 0 Å². The molecule has 2 rings (SSSR count). The van der Waals surface area contributed by atoms with Crippen molar-refractivity contribution in [2.24, 2.45) is 5.92 Å². The highest BCUT2D eigenvalue weighted by atomic mass is 79.9. The molecule has 6 heteroatoms. The summed E-state index contributed by atoms with van der Waals surface area (Å²) < 4.78 is 38.7. The first-order valence-electron chi connectivity index (χ1n) is 6.00. The summed E-state index contributed by atoms with van der Waals surface area (Å²) in [5, 5.41) is 0. The van der Waals surface area contributed by atoms with E-state index in [1.807, 2.05) is 0 Å². The lowest BCUT2D eigenvalue weighted by molar-refractivity contribution is -0.184. The minimum absolute atomic E-state index is 0.100. The topological polar surface area (TPSA) is 20.3 Å². The quantitative estimate of drug-likeness (QED) is 0.763. The summed E-state index contributed by atoms with van der Waals surface area (Å²) in [6.07, 6.45) is -3.74. The van der Waals surface area contributed by atoms with Gasteiger partial charge in [-0.05, 0) is 40.9 Å². The van der Waals surface area contributed by atoms with E-state index < -0.39 is 12.1 Å². The van der Waals surface area contributed by atoms with E-state index in [9.17, 15) is 18.0 Å². The molecule has 0 bridgehead atoms. The van der Waals surface area contributed by atoms with Gasteiger partial charge in [0.15, 0.2) is 0 Å². The molecule has 104 valence electrons. The zero-order chi connectivity index (χ0) is 14.0. The Kier molecular flexibility index (Phi) is 4.18. The van der Waals surface area contributed by atoms with Gasteiger partial charge in [-0.15, -0.1) is 0 Å². The summed E-state index contributed by atoms with van der Waals surface area (Å²) in [5.41, 5.74) is 0.408. The van der Waals surface area contributed by atoms with Crippen LogP contribution < -0.4 is 0 Å². The Morgan fingerprint density at radius 1 is 1.32 bits per heavy atom. The molecule has 1 unspecified atom stereocenters. The van der Waals surface area contributed by atoms with Crippen LogP contribution in [0.15, 0.2) is 28.7 Å². The van der Waals surface area contributed by atoms with Gasteiger partial charge in [0.25, 0.3) is 5.91 Å². The van der Waals surface area contributed by atoms with Crippen LogP contribution in [0.4, 0.5) is 13.2 Å². The third-order valence-corrected chi connectivity index (χ3v) is 3.97. The third kappa shape index (κ3) is 3.29. The van der Waals surface area contributed by atoms with Crippen molar-refractivity contribution in [3.63, 3.8) is 0 Å². The van der Waals surface area contributed by atoms with Crippen molar-refractivity contribution >= 4 is 21.8 Å². The Bertz CT molecular complexity index is 475. The summed E-state index contributed by atoms with van der Waals surface area (Å²) in [6, 6.07) is 6.78. The van der Waals surface area contributed by atoms with Crippen LogP contribution in [0.25, 0.3) is 0 Å². The Balaban J connectivity index is 2.14. The summed E-state index contributed by atoms with van der Waals surface area (Å²) in [5.74, 6) is -1.76. The molecule has 1 aliphatic rings. The predicted octanol–water partition coefficient (Wildman–Crippen LogP) is 3.86. The molecular formula is C13H13BrF3NO. The molecule has 1 aliphatic heterocycles. The Morgan fingerprint density at radius 3 is 2.63 bits per heavy atom. The number of alkyl halides is 3. The zero-order valence-electron chi connectivity index (χ0n) is 10.1. The molecule has 19 heavy (non-hydrogen) atoms. The number of halogens is 4. The van der Waals surface area contributed by atoms with E-state index in [2.05, 4.69) is 15.9 Å². The van der Waals surface area contributed by atoms with Crippen molar-refractivity contribution in [2.75, 3.05) is 13.1 Å². The molecule has 0 aliphatic carbocycles. The van der Waals surface area contributed by atoms with Crippen molar-refractivity contribution < 1.29 is 18.0 Å². The van der Waals surface area contributed by atoms with Crippen molar-refractivity contribution in [3.05, 3.63) is 34.3 Å². The van der Waals surface area contributed by atoms with Gasteiger partial charge in [-0.2, -0.15) is 13.2 Å². The standard InChI is InChI=1S/C13H13BrF3NO/c14-11-6-2-1-5-10(11)12(19)18-7-3-4-9(8-18)13(15,16)17/h1-2,5-6,9H,3-4,7-8H2. The van der Waals surface area contributed by atoms with Crippen LogP contribution in [0, 0.1) is 5.92 Å². The van der Waals surface area contributed by atoms with Gasteiger partial charge in [-0.1, -0.05) is 12.1 Å². The van der Waals surface area contributed by atoms with Crippen molar-refractivity contribution in [2.45, 2.75) is 19.0 Å². The number of piperidine rings is 1. The third-order valence-electron chi connectivity index (χ3n) is 3.28. The SMILES string of the molecule is O=C(c1ccccc1Br)N1CCCC(C(F)(F)F)C1. The second-order valence-corrected chi connectivity index (χ2v) is 5.47. The molecule has 0 N–H and O–H groups in total. The molecular weight excluding hydrogens is 323 g/mol. The first kappa shape index (κ1) is 14.4. The fourth-order valence-electron chi connectivity index (χ4n) is 2.23. The highest BCUT2D eigenvalue weighted by Gasteiger charge is 2.42. The van der Waals surface area contributed by atoms with Crippen LogP contribution in [0.2, 0.25) is 0 Å². The number of carbonyl (C=O) groups excluding carboxylic acids is 1. The Hall–Kier alpha value is -1.04. The monoisotopic (exact) mass is 335 g/mol. The number of nitrogens with zero attached hydrogens (tertiary/aromatic N) is 1. The summed E-state index contributed by atoms with van der Waals surface area (Å²) in [6.45, 7) is 0.135. The fourth-order valence-corrected chi connectivity index (χ4v) is 2.69. The summed E-state index contributed by atoms with van der Waals surface area (Å²) >= 11 is 3.25. The normalized spacial score (nSPS) is 20.4. The Morgan fingerprint density at radius 2 is 2.00 bits per heavy atom. The fraction of sp³-hybridized carbons (Fsp3) is 0.462. The molecule has 1 aromatic carbocycles. The lowest BCUT2D eigenvalue weighted by Gasteiger charge is -2.33. The van der Waals surface area contributed by atoms with Gasteiger partial charge in [0.1, 0.15) is 0 Å². The van der Waals surface area contributed by atoms with Gasteiger partial charge in [0.05, 0.1) is 11.5 Å². The summed E-state index contributed by atoms with van der Waals surface area (Å²) in [7, 11) is 0. The molecule has 2 nitrogen and oxygen atoms in total. The van der Waals surface area contributed by atoms with Crippen LogP contribution in [-0.2, 0) is 0 Å². The van der Waals surface area contributed by atoms with Crippen LogP contribution in [0.1, 0.15) is 23.2 Å². The molecule has 1 saturated heterocycles. The predicted molar refractivity (Wildman–Crippen MR) is 68.8 cm³/mol. The lowest BCUT2D eigenvalue weighted by Crippen LogP contribution is -2.44. The molecule has 0 saturated carbocycles. The number of hydrogen-bond acceptors (Lipinski definition) is 1. The average Bonchev–Trinajstić information content (AvgIpc) is 2.38. The maximum atomic E-state index is 12.7. The van der Waals surface area contributed by atoms with Crippen LogP contribution >= 0.6 is 15.9 Å². The molecule has 1 amide bonds. The van der Waals surface area contributed by atoms with E-state index in [1.165, 1.54) is 4.90 Å². The van der Waals surface area contributed by atoms with E-state index in [1.54, 1.807) is 24.3 Å². The first-order chi connectivity index (χ1) is 8.89. The zero-order valence-corrected chi connectivity index (χ0v) is 11.7. The van der Waals surface area contributed by atoms with Crippen molar-refractivity contribution in [1.82, 2.24) is 4.90 Å². The van der Waals surface area contributed by atoms with Gasteiger partial charge in [0.2, 0.25) is 0 Å². The largest absolute Gasteiger partial charge is 0.393 e. The Labute approximate surface area is 117 Å². The van der Waals surface area contributed by atoms with Gasteiger partial charge >= 0.3 is 6.18 Å². The number of carbonyl (C=O) groups is 1. The van der Waals surface area contributed by atoms with Crippen LogP contribution in [0.5, 0.6) is 0 Å². The number of benzene rings is 1. The van der Waals surface area contributed by atoms with E-state index in [0.717, 1.165) is 0 Å². The van der Waals surface area contributed by atoms with Crippen LogP contribution in [0.3, 0.4) is 0 Å². The van der Waals surface area contributed by atoms with Gasteiger partial charge in [-0.3, -0.25) is 4.79 Å². The van der Waals surface area contributed by atoms with Gasteiger partial charge in [-0.25, -0.2) is 0 Å². The lowest BCUT2D eigenvalue weighted by atomic mass is 9.97. The van der Waals surface area contributed by atoms with E-state index in [4.69, 9.17) is 0 Å². The minimum atomic E-state index is -4.23. The van der Waals surface area contributed by atoms with Crippen LogP contribution in [-0.4, -0.2) is 30.1 Å². The van der Waals surface area contributed by atoms with E-state index in [-0.39, 0.29) is 18.9 Å². The second kappa shape index (κ2) is 5.53. The van der Waals surface area contributed by atoms with E-state index in [0.29, 0.717) is 23.0 Å². The second-order valence-electron chi connectivity index (χ2n) is 4.61. The average molecular weight is 336 g/mol. The van der Waals surface area contributed by atoms with E-state index >= 15 is 0 Å². The highest BCUT2D eigenvalue weighted by Crippen LogP contribution is 2.33. The maximum absolute atomic E-state index is 12.7. The number of rotatable bonds is 1. The van der Waals surface area contributed by atoms with Gasteiger partial charge < -0.3 is 4.90 Å². The molecule has 1 atom stereocenters. The number of hydrogen-bond donors (Lipinski definition) is 0. The number of amides is 1. The minimum Gasteiger partial charge on any atom is -0.338 e. The smallest absolute Gasteiger partial charge is 0.338 e. The van der Waals surface area contributed by atoms with Crippen molar-refractivity contribution in [3.8, 4) is 0 Å². The molecule has 0 radical (unpaired) electrons. The number of likely N-dealkylation sites (tertiary alicyclic amines) is 1. The molecule has 1 fully saturated rings. The van der Waals surface area contributed by atoms with Gasteiger partial charge in [0, 0.05) is 17.6 Å². The summed E-state index contributed by atoms with van der Waals surface area (Å²) in [4.78, 5) is 13.5. The molecule has 1 aromatic rings. The first-order valence-corrected chi connectivity index (χ1v) is 6.79. The molecule has 0 aromatic heterocycles. The molecule has 1 heterocycles. The molecule has 0 spiro atoms. The highest BCUT2D eigenvalue weighted by molar-refractivity contribution is 9.10.